The highest BCUT2D eigenvalue weighted by Crippen LogP contribution is 2.32. The molecule has 0 amide bonds. The average Bonchev–Trinajstić information content (AvgIpc) is 2.62. The van der Waals surface area contributed by atoms with Gasteiger partial charge in [-0.15, -0.1) is 0 Å². The predicted octanol–water partition coefficient (Wildman–Crippen LogP) is 5.25. The number of aromatic nitrogens is 2. The van der Waals surface area contributed by atoms with Crippen LogP contribution < -0.4 is 5.32 Å². The first-order valence-corrected chi connectivity index (χ1v) is 8.97. The van der Waals surface area contributed by atoms with Gasteiger partial charge < -0.3 is 5.32 Å². The Labute approximate surface area is 149 Å². The highest BCUT2D eigenvalue weighted by Gasteiger charge is 2.20. The van der Waals surface area contributed by atoms with Gasteiger partial charge in [0.1, 0.15) is 11.6 Å². The number of hydrogen-bond donors (Lipinski definition) is 1. The Morgan fingerprint density at radius 3 is 2.64 bits per heavy atom. The third-order valence-electron chi connectivity index (χ3n) is 4.95. The molecule has 4 rings (SSSR count). The summed E-state index contributed by atoms with van der Waals surface area (Å²) in [7, 11) is 0. The zero-order valence-corrected chi connectivity index (χ0v) is 14.8. The van der Waals surface area contributed by atoms with Crippen molar-refractivity contribution in [1.82, 2.24) is 9.97 Å². The summed E-state index contributed by atoms with van der Waals surface area (Å²) in [6, 6.07) is 19.5. The molecule has 1 atom stereocenters. The van der Waals surface area contributed by atoms with Crippen LogP contribution in [0.4, 0.5) is 5.82 Å². The maximum Gasteiger partial charge on any atom is 0.130 e. The van der Waals surface area contributed by atoms with E-state index in [-0.39, 0.29) is 0 Å². The van der Waals surface area contributed by atoms with Crippen molar-refractivity contribution < 1.29 is 0 Å². The van der Waals surface area contributed by atoms with Crippen LogP contribution in [0.1, 0.15) is 41.4 Å². The summed E-state index contributed by atoms with van der Waals surface area (Å²) >= 11 is 0. The first kappa shape index (κ1) is 15.8. The van der Waals surface area contributed by atoms with Crippen molar-refractivity contribution in [3.63, 3.8) is 0 Å². The molecular weight excluding hydrogens is 306 g/mol. The van der Waals surface area contributed by atoms with Crippen molar-refractivity contribution in [2.24, 2.45) is 0 Å². The van der Waals surface area contributed by atoms with Crippen LogP contribution in [0, 0.1) is 13.8 Å². The highest BCUT2D eigenvalue weighted by molar-refractivity contribution is 5.66. The second-order valence-electron chi connectivity index (χ2n) is 6.79. The molecule has 126 valence electrons. The molecule has 1 N–H and O–H groups in total. The van der Waals surface area contributed by atoms with E-state index >= 15 is 0 Å². The quantitative estimate of drug-likeness (QED) is 0.713. The number of aryl methyl sites for hydroxylation is 3. The monoisotopic (exact) mass is 329 g/mol. The van der Waals surface area contributed by atoms with E-state index in [1.54, 1.807) is 0 Å². The van der Waals surface area contributed by atoms with Gasteiger partial charge in [-0.25, -0.2) is 9.97 Å². The number of nitrogens with one attached hydrogen (secondary N) is 1. The summed E-state index contributed by atoms with van der Waals surface area (Å²) in [4.78, 5) is 9.29. The topological polar surface area (TPSA) is 37.8 Å². The lowest BCUT2D eigenvalue weighted by molar-refractivity contribution is 0.598. The molecule has 1 aliphatic carbocycles. The molecule has 1 aliphatic rings. The van der Waals surface area contributed by atoms with Gasteiger partial charge >= 0.3 is 0 Å². The molecule has 0 aliphatic heterocycles. The van der Waals surface area contributed by atoms with E-state index in [0.717, 1.165) is 23.8 Å². The molecule has 3 aromatic rings. The summed E-state index contributed by atoms with van der Waals surface area (Å²) in [6.45, 7) is 4.08. The van der Waals surface area contributed by atoms with Gasteiger partial charge in [-0.2, -0.15) is 0 Å². The molecule has 0 fully saturated rings. The molecule has 0 bridgehead atoms. The fraction of sp³-hybridized carbons (Fsp3) is 0.273. The van der Waals surface area contributed by atoms with Crippen molar-refractivity contribution in [3.8, 4) is 11.3 Å². The second kappa shape index (κ2) is 6.67. The van der Waals surface area contributed by atoms with Crippen LogP contribution in [0.25, 0.3) is 11.3 Å². The molecule has 25 heavy (non-hydrogen) atoms. The minimum atomic E-state index is 0.323. The third kappa shape index (κ3) is 3.27. The van der Waals surface area contributed by atoms with E-state index in [1.165, 1.54) is 35.1 Å². The van der Waals surface area contributed by atoms with Crippen LogP contribution >= 0.6 is 0 Å². The van der Waals surface area contributed by atoms with Gasteiger partial charge in [-0.05, 0) is 49.8 Å². The maximum atomic E-state index is 4.65. The van der Waals surface area contributed by atoms with Gasteiger partial charge in [0.15, 0.2) is 0 Å². The summed E-state index contributed by atoms with van der Waals surface area (Å²) in [5.74, 6) is 1.71. The highest BCUT2D eigenvalue weighted by atomic mass is 15.0. The Morgan fingerprint density at radius 2 is 1.76 bits per heavy atom. The summed E-state index contributed by atoms with van der Waals surface area (Å²) in [5.41, 5.74) is 6.24. The Morgan fingerprint density at radius 1 is 0.960 bits per heavy atom. The first-order chi connectivity index (χ1) is 12.2. The van der Waals surface area contributed by atoms with Crippen LogP contribution in [0.15, 0.2) is 54.6 Å². The lowest BCUT2D eigenvalue weighted by Gasteiger charge is -2.27. The SMILES string of the molecule is Cc1nc(N[C@@H]2CCCc3ccccc32)cc(-c2ccccc2C)n1. The van der Waals surface area contributed by atoms with E-state index in [9.17, 15) is 0 Å². The molecular formula is C22H23N3. The van der Waals surface area contributed by atoms with Crippen LogP contribution in [-0.2, 0) is 6.42 Å². The van der Waals surface area contributed by atoms with Crippen LogP contribution in [0.3, 0.4) is 0 Å². The van der Waals surface area contributed by atoms with Crippen molar-refractivity contribution >= 4 is 5.82 Å². The Bertz CT molecular complexity index is 901. The molecule has 3 nitrogen and oxygen atoms in total. The number of hydrogen-bond acceptors (Lipinski definition) is 3. The lowest BCUT2D eigenvalue weighted by Crippen LogP contribution is -2.18. The average molecular weight is 329 g/mol. The molecule has 0 saturated carbocycles. The van der Waals surface area contributed by atoms with Crippen LogP contribution in [0.5, 0.6) is 0 Å². The lowest BCUT2D eigenvalue weighted by atomic mass is 9.88. The molecule has 1 aromatic heterocycles. The van der Waals surface area contributed by atoms with E-state index in [2.05, 4.69) is 76.8 Å². The van der Waals surface area contributed by atoms with Crippen molar-refractivity contribution in [3.05, 3.63) is 77.1 Å². The fourth-order valence-corrected chi connectivity index (χ4v) is 3.72. The second-order valence-corrected chi connectivity index (χ2v) is 6.79. The van der Waals surface area contributed by atoms with Gasteiger partial charge in [-0.3, -0.25) is 0 Å². The molecule has 0 saturated heterocycles. The van der Waals surface area contributed by atoms with E-state index in [0.29, 0.717) is 6.04 Å². The molecule has 0 spiro atoms. The summed E-state index contributed by atoms with van der Waals surface area (Å²) < 4.78 is 0. The largest absolute Gasteiger partial charge is 0.363 e. The van der Waals surface area contributed by atoms with Gasteiger partial charge in [0, 0.05) is 11.6 Å². The van der Waals surface area contributed by atoms with Crippen molar-refractivity contribution in [2.75, 3.05) is 5.32 Å². The zero-order chi connectivity index (χ0) is 17.2. The van der Waals surface area contributed by atoms with E-state index in [1.807, 2.05) is 6.92 Å². The Balaban J connectivity index is 1.67. The van der Waals surface area contributed by atoms with Gasteiger partial charge in [0.2, 0.25) is 0 Å². The van der Waals surface area contributed by atoms with E-state index in [4.69, 9.17) is 0 Å². The van der Waals surface area contributed by atoms with Gasteiger partial charge in [0.05, 0.1) is 11.7 Å². The minimum absolute atomic E-state index is 0.323. The number of anilines is 1. The number of benzene rings is 2. The van der Waals surface area contributed by atoms with Crippen LogP contribution in [0.2, 0.25) is 0 Å². The summed E-state index contributed by atoms with van der Waals surface area (Å²) in [6.07, 6.45) is 3.52. The smallest absolute Gasteiger partial charge is 0.130 e. The fourth-order valence-electron chi connectivity index (χ4n) is 3.72. The number of nitrogens with zero attached hydrogens (tertiary/aromatic N) is 2. The molecule has 3 heteroatoms. The number of rotatable bonds is 3. The standard InChI is InChI=1S/C22H23N3/c1-15-8-3-5-11-18(15)21-14-22(24-16(2)23-21)25-20-13-7-10-17-9-4-6-12-19(17)20/h3-6,8-9,11-12,14,20H,7,10,13H2,1-2H3,(H,23,24,25)/t20-/m1/s1. The summed E-state index contributed by atoms with van der Waals surface area (Å²) in [5, 5.41) is 3.66. The number of fused-ring (bicyclic) bond motifs is 1. The maximum absolute atomic E-state index is 4.65. The zero-order valence-electron chi connectivity index (χ0n) is 14.8. The first-order valence-electron chi connectivity index (χ1n) is 8.97. The van der Waals surface area contributed by atoms with Crippen molar-refractivity contribution in [1.29, 1.82) is 0 Å². The molecule has 1 heterocycles. The third-order valence-corrected chi connectivity index (χ3v) is 4.95. The van der Waals surface area contributed by atoms with Gasteiger partial charge in [0.25, 0.3) is 0 Å². The predicted molar refractivity (Wildman–Crippen MR) is 103 cm³/mol. The normalized spacial score (nSPS) is 16.3. The molecule has 0 radical (unpaired) electrons. The van der Waals surface area contributed by atoms with Crippen LogP contribution in [-0.4, -0.2) is 9.97 Å². The van der Waals surface area contributed by atoms with Crippen molar-refractivity contribution in [2.45, 2.75) is 39.2 Å². The van der Waals surface area contributed by atoms with E-state index < -0.39 is 0 Å². The molecule has 0 unspecified atom stereocenters. The molecule has 2 aromatic carbocycles. The Hall–Kier alpha value is -2.68. The van der Waals surface area contributed by atoms with Gasteiger partial charge in [-0.1, -0.05) is 48.5 Å². The minimum Gasteiger partial charge on any atom is -0.363 e. The Kier molecular flexibility index (Phi) is 4.22.